The predicted octanol–water partition coefficient (Wildman–Crippen LogP) is 3.61. The second kappa shape index (κ2) is 8.16. The molecule has 0 aliphatic heterocycles. The van der Waals surface area contributed by atoms with Gasteiger partial charge in [0.15, 0.2) is 0 Å². The van der Waals surface area contributed by atoms with Crippen LogP contribution in [-0.4, -0.2) is 22.9 Å². The van der Waals surface area contributed by atoms with Gasteiger partial charge >= 0.3 is 0 Å². The first-order chi connectivity index (χ1) is 8.54. The Morgan fingerprint density at radius 1 is 1.11 bits per heavy atom. The van der Waals surface area contributed by atoms with Crippen LogP contribution in [0.25, 0.3) is 0 Å². The fourth-order valence-electron chi connectivity index (χ4n) is 3.42. The van der Waals surface area contributed by atoms with Gasteiger partial charge in [-0.3, -0.25) is 0 Å². The SMILES string of the molecule is CC1CCC(C(O)C(C)CC(C)CCCO)CC1. The number of hydrogen-bond donors (Lipinski definition) is 2. The molecule has 0 spiro atoms. The second-order valence-corrected chi connectivity index (χ2v) is 6.69. The highest BCUT2D eigenvalue weighted by molar-refractivity contribution is 4.79. The van der Waals surface area contributed by atoms with Crippen molar-refractivity contribution < 1.29 is 10.2 Å². The maximum absolute atomic E-state index is 10.5. The quantitative estimate of drug-likeness (QED) is 0.730. The molecule has 1 aliphatic carbocycles. The molecule has 18 heavy (non-hydrogen) atoms. The van der Waals surface area contributed by atoms with Crippen LogP contribution in [0, 0.1) is 23.7 Å². The van der Waals surface area contributed by atoms with Gasteiger partial charge in [-0.15, -0.1) is 0 Å². The van der Waals surface area contributed by atoms with Crippen molar-refractivity contribution >= 4 is 0 Å². The van der Waals surface area contributed by atoms with Gasteiger partial charge in [-0.25, -0.2) is 0 Å². The molecule has 0 aromatic carbocycles. The summed E-state index contributed by atoms with van der Waals surface area (Å²) in [6.07, 6.45) is 7.93. The topological polar surface area (TPSA) is 40.5 Å². The zero-order chi connectivity index (χ0) is 13.5. The van der Waals surface area contributed by atoms with Gasteiger partial charge in [0.25, 0.3) is 0 Å². The van der Waals surface area contributed by atoms with E-state index in [-0.39, 0.29) is 6.10 Å². The largest absolute Gasteiger partial charge is 0.396 e. The maximum atomic E-state index is 10.5. The first kappa shape index (κ1) is 16.0. The van der Waals surface area contributed by atoms with Gasteiger partial charge < -0.3 is 10.2 Å². The van der Waals surface area contributed by atoms with Gasteiger partial charge in [0.1, 0.15) is 0 Å². The van der Waals surface area contributed by atoms with E-state index in [4.69, 9.17) is 5.11 Å². The van der Waals surface area contributed by atoms with Crippen molar-refractivity contribution in [2.24, 2.45) is 23.7 Å². The summed E-state index contributed by atoms with van der Waals surface area (Å²) in [7, 11) is 0. The average molecular weight is 256 g/mol. The van der Waals surface area contributed by atoms with Crippen molar-refractivity contribution in [3.05, 3.63) is 0 Å². The minimum atomic E-state index is -0.117. The van der Waals surface area contributed by atoms with E-state index in [0.717, 1.165) is 25.2 Å². The summed E-state index contributed by atoms with van der Waals surface area (Å²) in [5.74, 6) is 2.40. The molecule has 0 heterocycles. The van der Waals surface area contributed by atoms with Crippen molar-refractivity contribution in [2.75, 3.05) is 6.61 Å². The van der Waals surface area contributed by atoms with Crippen molar-refractivity contribution in [1.29, 1.82) is 0 Å². The third-order valence-electron chi connectivity index (χ3n) is 4.76. The summed E-state index contributed by atoms with van der Waals surface area (Å²) in [5.41, 5.74) is 0. The number of rotatable bonds is 7. The van der Waals surface area contributed by atoms with Gasteiger partial charge in [-0.2, -0.15) is 0 Å². The van der Waals surface area contributed by atoms with Gasteiger partial charge in [0.2, 0.25) is 0 Å². The van der Waals surface area contributed by atoms with Crippen LogP contribution in [0.1, 0.15) is 65.7 Å². The molecule has 1 rings (SSSR count). The van der Waals surface area contributed by atoms with E-state index in [1.807, 2.05) is 0 Å². The fraction of sp³-hybridized carbons (Fsp3) is 1.00. The van der Waals surface area contributed by atoms with E-state index in [1.165, 1.54) is 25.7 Å². The lowest BCUT2D eigenvalue weighted by atomic mass is 9.75. The van der Waals surface area contributed by atoms with Crippen LogP contribution in [0.3, 0.4) is 0 Å². The molecule has 2 nitrogen and oxygen atoms in total. The monoisotopic (exact) mass is 256 g/mol. The molecule has 1 saturated carbocycles. The van der Waals surface area contributed by atoms with E-state index >= 15 is 0 Å². The van der Waals surface area contributed by atoms with Crippen LogP contribution in [0.2, 0.25) is 0 Å². The van der Waals surface area contributed by atoms with Gasteiger partial charge in [-0.05, 0) is 55.8 Å². The molecule has 0 aromatic rings. The molecule has 2 heteroatoms. The lowest BCUT2D eigenvalue weighted by Crippen LogP contribution is -2.31. The van der Waals surface area contributed by atoms with E-state index in [9.17, 15) is 5.11 Å². The zero-order valence-corrected chi connectivity index (χ0v) is 12.4. The lowest BCUT2D eigenvalue weighted by molar-refractivity contribution is 0.0248. The molecule has 0 radical (unpaired) electrons. The zero-order valence-electron chi connectivity index (χ0n) is 12.4. The average Bonchev–Trinajstić information content (AvgIpc) is 2.36. The van der Waals surface area contributed by atoms with Crippen LogP contribution < -0.4 is 0 Å². The van der Waals surface area contributed by atoms with Crippen LogP contribution in [0.15, 0.2) is 0 Å². The van der Waals surface area contributed by atoms with E-state index in [2.05, 4.69) is 20.8 Å². The molecule has 1 aliphatic rings. The van der Waals surface area contributed by atoms with Gasteiger partial charge in [0.05, 0.1) is 6.10 Å². The van der Waals surface area contributed by atoms with E-state index < -0.39 is 0 Å². The fourth-order valence-corrected chi connectivity index (χ4v) is 3.42. The molecular weight excluding hydrogens is 224 g/mol. The number of hydrogen-bond acceptors (Lipinski definition) is 2. The predicted molar refractivity (Wildman–Crippen MR) is 76.4 cm³/mol. The maximum Gasteiger partial charge on any atom is 0.0594 e. The Kier molecular flexibility index (Phi) is 7.25. The Morgan fingerprint density at radius 2 is 1.72 bits per heavy atom. The summed E-state index contributed by atoms with van der Waals surface area (Å²) < 4.78 is 0. The van der Waals surface area contributed by atoms with Gasteiger partial charge in [0, 0.05) is 6.61 Å². The van der Waals surface area contributed by atoms with Crippen LogP contribution in [-0.2, 0) is 0 Å². The Balaban J connectivity index is 2.29. The first-order valence-electron chi connectivity index (χ1n) is 7.83. The summed E-state index contributed by atoms with van der Waals surface area (Å²) in [6.45, 7) is 7.05. The Bertz CT molecular complexity index is 209. The highest BCUT2D eigenvalue weighted by Gasteiger charge is 2.28. The molecule has 108 valence electrons. The van der Waals surface area contributed by atoms with Crippen molar-refractivity contribution in [1.82, 2.24) is 0 Å². The minimum absolute atomic E-state index is 0.117. The first-order valence-corrected chi connectivity index (χ1v) is 7.83. The third kappa shape index (κ3) is 5.27. The molecular formula is C16H32O2. The Labute approximate surface area is 113 Å². The number of aliphatic hydroxyl groups is 2. The van der Waals surface area contributed by atoms with Crippen molar-refractivity contribution in [3.8, 4) is 0 Å². The van der Waals surface area contributed by atoms with Crippen molar-refractivity contribution in [2.45, 2.75) is 71.8 Å². The van der Waals surface area contributed by atoms with Gasteiger partial charge in [-0.1, -0.05) is 33.6 Å². The van der Waals surface area contributed by atoms with Crippen molar-refractivity contribution in [3.63, 3.8) is 0 Å². The van der Waals surface area contributed by atoms with Crippen LogP contribution in [0.5, 0.6) is 0 Å². The summed E-state index contributed by atoms with van der Waals surface area (Å²) in [5, 5.41) is 19.3. The molecule has 0 amide bonds. The molecule has 2 N–H and O–H groups in total. The van der Waals surface area contributed by atoms with E-state index in [1.54, 1.807) is 0 Å². The number of aliphatic hydroxyl groups excluding tert-OH is 2. The van der Waals surface area contributed by atoms with Crippen LogP contribution >= 0.6 is 0 Å². The molecule has 0 aromatic heterocycles. The lowest BCUT2D eigenvalue weighted by Gasteiger charge is -2.33. The molecule has 0 bridgehead atoms. The Hall–Kier alpha value is -0.0800. The Morgan fingerprint density at radius 3 is 2.28 bits per heavy atom. The minimum Gasteiger partial charge on any atom is -0.396 e. The standard InChI is InChI=1S/C16H32O2/c1-12-6-8-15(9-7-12)16(18)14(3)11-13(2)5-4-10-17/h12-18H,4-11H2,1-3H3. The normalized spacial score (nSPS) is 29.8. The third-order valence-corrected chi connectivity index (χ3v) is 4.76. The summed E-state index contributed by atoms with van der Waals surface area (Å²) in [4.78, 5) is 0. The highest BCUT2D eigenvalue weighted by atomic mass is 16.3. The summed E-state index contributed by atoms with van der Waals surface area (Å²) in [6, 6.07) is 0. The molecule has 3 atom stereocenters. The second-order valence-electron chi connectivity index (χ2n) is 6.69. The highest BCUT2D eigenvalue weighted by Crippen LogP contribution is 2.34. The molecule has 0 saturated heterocycles. The smallest absolute Gasteiger partial charge is 0.0594 e. The van der Waals surface area contributed by atoms with Crippen LogP contribution in [0.4, 0.5) is 0 Å². The molecule has 1 fully saturated rings. The summed E-state index contributed by atoms with van der Waals surface area (Å²) >= 11 is 0. The van der Waals surface area contributed by atoms with E-state index in [0.29, 0.717) is 24.4 Å². The molecule has 3 unspecified atom stereocenters.